The summed E-state index contributed by atoms with van der Waals surface area (Å²) in [4.78, 5) is 17.0. The van der Waals surface area contributed by atoms with Gasteiger partial charge < -0.3 is 20.1 Å². The molecule has 1 aromatic carbocycles. The largest absolute Gasteiger partial charge is 0.486 e. The maximum absolute atomic E-state index is 12.4. The molecule has 2 N–H and O–H groups in total. The number of fused-ring (bicyclic) bond motifs is 1. The Labute approximate surface area is 158 Å². The van der Waals surface area contributed by atoms with Crippen molar-refractivity contribution in [1.82, 2.24) is 10.3 Å². The first-order chi connectivity index (χ1) is 12.3. The van der Waals surface area contributed by atoms with Crippen LogP contribution in [0.5, 0.6) is 11.5 Å². The Kier molecular flexibility index (Phi) is 5.96. The van der Waals surface area contributed by atoms with Crippen molar-refractivity contribution >= 4 is 24.1 Å². The van der Waals surface area contributed by atoms with Crippen LogP contribution >= 0.6 is 12.4 Å². The molecule has 4 rings (SSSR count). The SMILES string of the molecule is Cl.O=C(Nc1cccc(-c2ccc3c(c2)OCCO3)n1)C1CCNCC1. The fourth-order valence-electron chi connectivity index (χ4n) is 3.18. The average molecular weight is 376 g/mol. The van der Waals surface area contributed by atoms with Crippen molar-refractivity contribution < 1.29 is 14.3 Å². The number of rotatable bonds is 3. The third-order valence-corrected chi connectivity index (χ3v) is 4.55. The minimum absolute atomic E-state index is 0. The highest BCUT2D eigenvalue weighted by Gasteiger charge is 2.21. The minimum Gasteiger partial charge on any atom is -0.486 e. The van der Waals surface area contributed by atoms with Crippen LogP contribution in [0, 0.1) is 5.92 Å². The lowest BCUT2D eigenvalue weighted by molar-refractivity contribution is -0.120. The van der Waals surface area contributed by atoms with E-state index >= 15 is 0 Å². The van der Waals surface area contributed by atoms with E-state index in [9.17, 15) is 4.79 Å². The predicted molar refractivity (Wildman–Crippen MR) is 102 cm³/mol. The Morgan fingerprint density at radius 1 is 1.08 bits per heavy atom. The highest BCUT2D eigenvalue weighted by Crippen LogP contribution is 2.34. The Balaban J connectivity index is 0.00000196. The highest BCUT2D eigenvalue weighted by atomic mass is 35.5. The van der Waals surface area contributed by atoms with E-state index in [-0.39, 0.29) is 24.2 Å². The van der Waals surface area contributed by atoms with E-state index in [4.69, 9.17) is 9.47 Å². The van der Waals surface area contributed by atoms with E-state index in [1.54, 1.807) is 0 Å². The molecule has 0 bridgehead atoms. The summed E-state index contributed by atoms with van der Waals surface area (Å²) in [5.41, 5.74) is 1.72. The summed E-state index contributed by atoms with van der Waals surface area (Å²) < 4.78 is 11.2. The summed E-state index contributed by atoms with van der Waals surface area (Å²) in [6.07, 6.45) is 1.74. The molecule has 3 heterocycles. The monoisotopic (exact) mass is 375 g/mol. The number of piperidine rings is 1. The van der Waals surface area contributed by atoms with Gasteiger partial charge in [-0.25, -0.2) is 4.98 Å². The van der Waals surface area contributed by atoms with Crippen LogP contribution in [0.15, 0.2) is 36.4 Å². The number of nitrogens with zero attached hydrogens (tertiary/aromatic N) is 1. The number of nitrogens with one attached hydrogen (secondary N) is 2. The first kappa shape index (κ1) is 18.5. The first-order valence-electron chi connectivity index (χ1n) is 8.68. The second-order valence-electron chi connectivity index (χ2n) is 6.28. The molecule has 2 aliphatic heterocycles. The van der Waals surface area contributed by atoms with Crippen molar-refractivity contribution in [2.45, 2.75) is 12.8 Å². The number of carbonyl (C=O) groups excluding carboxylic acids is 1. The smallest absolute Gasteiger partial charge is 0.228 e. The van der Waals surface area contributed by atoms with Gasteiger partial charge in [-0.15, -0.1) is 12.4 Å². The molecule has 2 aromatic rings. The van der Waals surface area contributed by atoms with Gasteiger partial charge >= 0.3 is 0 Å². The zero-order chi connectivity index (χ0) is 17.1. The molecule has 6 nitrogen and oxygen atoms in total. The first-order valence-corrected chi connectivity index (χ1v) is 8.68. The summed E-state index contributed by atoms with van der Waals surface area (Å²) in [5.74, 6) is 2.17. The quantitative estimate of drug-likeness (QED) is 0.863. The van der Waals surface area contributed by atoms with Crippen molar-refractivity contribution in [3.05, 3.63) is 36.4 Å². The lowest BCUT2D eigenvalue weighted by atomic mass is 9.97. The van der Waals surface area contributed by atoms with Gasteiger partial charge in [0.05, 0.1) is 5.69 Å². The number of benzene rings is 1. The molecule has 0 aliphatic carbocycles. The van der Waals surface area contributed by atoms with Gasteiger partial charge in [0.15, 0.2) is 11.5 Å². The normalized spacial score (nSPS) is 16.5. The van der Waals surface area contributed by atoms with E-state index in [2.05, 4.69) is 15.6 Å². The van der Waals surface area contributed by atoms with Gasteiger partial charge in [-0.3, -0.25) is 4.79 Å². The minimum atomic E-state index is 0. The molecule has 26 heavy (non-hydrogen) atoms. The van der Waals surface area contributed by atoms with E-state index in [1.165, 1.54) is 0 Å². The van der Waals surface area contributed by atoms with Crippen LogP contribution in [-0.2, 0) is 4.79 Å². The number of hydrogen-bond donors (Lipinski definition) is 2. The molecule has 1 fully saturated rings. The molecule has 1 amide bonds. The van der Waals surface area contributed by atoms with E-state index in [1.807, 2.05) is 36.4 Å². The molecule has 7 heteroatoms. The number of hydrogen-bond acceptors (Lipinski definition) is 5. The second kappa shape index (κ2) is 8.38. The predicted octanol–water partition coefficient (Wildman–Crippen LogP) is 2.88. The van der Waals surface area contributed by atoms with Crippen LogP contribution in [0.1, 0.15) is 12.8 Å². The molecule has 0 spiro atoms. The molecular weight excluding hydrogens is 354 g/mol. The van der Waals surface area contributed by atoms with Crippen molar-refractivity contribution in [2.75, 3.05) is 31.6 Å². The van der Waals surface area contributed by atoms with Crippen molar-refractivity contribution in [3.8, 4) is 22.8 Å². The number of ether oxygens (including phenoxy) is 2. The lowest BCUT2D eigenvalue weighted by Gasteiger charge is -2.21. The van der Waals surface area contributed by atoms with Crippen molar-refractivity contribution in [2.24, 2.45) is 5.92 Å². The summed E-state index contributed by atoms with van der Waals surface area (Å²) in [6.45, 7) is 2.91. The topological polar surface area (TPSA) is 72.5 Å². The summed E-state index contributed by atoms with van der Waals surface area (Å²) in [6, 6.07) is 11.4. The van der Waals surface area contributed by atoms with Gasteiger partial charge in [0.1, 0.15) is 19.0 Å². The number of pyridine rings is 1. The fraction of sp³-hybridized carbons (Fsp3) is 0.368. The maximum Gasteiger partial charge on any atom is 0.228 e. The molecule has 1 saturated heterocycles. The van der Waals surface area contributed by atoms with E-state index < -0.39 is 0 Å². The zero-order valence-electron chi connectivity index (χ0n) is 14.4. The highest BCUT2D eigenvalue weighted by molar-refractivity contribution is 5.92. The van der Waals surface area contributed by atoms with Gasteiger partial charge in [-0.05, 0) is 56.3 Å². The molecule has 0 radical (unpaired) electrons. The molecule has 0 atom stereocenters. The van der Waals surface area contributed by atoms with E-state index in [0.717, 1.165) is 48.7 Å². The van der Waals surface area contributed by atoms with Gasteiger partial charge in [-0.1, -0.05) is 6.07 Å². The van der Waals surface area contributed by atoms with Crippen molar-refractivity contribution in [3.63, 3.8) is 0 Å². The number of amides is 1. The number of anilines is 1. The number of carbonyl (C=O) groups is 1. The summed E-state index contributed by atoms with van der Waals surface area (Å²) in [7, 11) is 0. The number of aromatic nitrogens is 1. The summed E-state index contributed by atoms with van der Waals surface area (Å²) >= 11 is 0. The maximum atomic E-state index is 12.4. The molecule has 0 saturated carbocycles. The third-order valence-electron chi connectivity index (χ3n) is 4.55. The van der Waals surface area contributed by atoms with E-state index in [0.29, 0.717) is 19.0 Å². The average Bonchev–Trinajstić information content (AvgIpc) is 2.68. The Morgan fingerprint density at radius 2 is 1.85 bits per heavy atom. The van der Waals surface area contributed by atoms with Crippen LogP contribution in [0.4, 0.5) is 5.82 Å². The van der Waals surface area contributed by atoms with Crippen LogP contribution in [0.2, 0.25) is 0 Å². The molecule has 2 aliphatic rings. The number of halogens is 1. The second-order valence-corrected chi connectivity index (χ2v) is 6.28. The Bertz CT molecular complexity index is 778. The summed E-state index contributed by atoms with van der Waals surface area (Å²) in [5, 5.41) is 6.22. The molecule has 138 valence electrons. The van der Waals surface area contributed by atoms with Crippen LogP contribution in [0.25, 0.3) is 11.3 Å². The third kappa shape index (κ3) is 4.08. The van der Waals surface area contributed by atoms with Crippen LogP contribution < -0.4 is 20.1 Å². The van der Waals surface area contributed by atoms with Crippen LogP contribution in [0.3, 0.4) is 0 Å². The Morgan fingerprint density at radius 3 is 2.65 bits per heavy atom. The zero-order valence-corrected chi connectivity index (χ0v) is 15.2. The van der Waals surface area contributed by atoms with Gasteiger partial charge in [0.25, 0.3) is 0 Å². The van der Waals surface area contributed by atoms with Gasteiger partial charge in [-0.2, -0.15) is 0 Å². The standard InChI is InChI=1S/C19H21N3O3.ClH/c23-19(13-6-8-20-9-7-13)22-18-3-1-2-15(21-18)14-4-5-16-17(12-14)25-11-10-24-16;/h1-5,12-13,20H,6-11H2,(H,21,22,23);1H. The lowest BCUT2D eigenvalue weighted by Crippen LogP contribution is -2.34. The van der Waals surface area contributed by atoms with Crippen molar-refractivity contribution in [1.29, 1.82) is 0 Å². The molecule has 1 aromatic heterocycles. The van der Waals surface area contributed by atoms with Gasteiger partial charge in [0, 0.05) is 11.5 Å². The molecule has 0 unspecified atom stereocenters. The molecular formula is C19H22ClN3O3. The van der Waals surface area contributed by atoms with Gasteiger partial charge in [0.2, 0.25) is 5.91 Å². The van der Waals surface area contributed by atoms with Crippen LogP contribution in [-0.4, -0.2) is 37.2 Å². The Hall–Kier alpha value is -2.31. The fourth-order valence-corrected chi connectivity index (χ4v) is 3.18.